The molecule has 1 saturated carbocycles. The predicted molar refractivity (Wildman–Crippen MR) is 53.4 cm³/mol. The molecule has 2 aliphatic rings. The van der Waals surface area contributed by atoms with E-state index in [0.29, 0.717) is 12.8 Å². The maximum Gasteiger partial charge on any atom is 0.395 e. The maximum atomic E-state index is 12.6. The number of rotatable bonds is 1. The average Bonchev–Trinajstić information content (AvgIpc) is 2.16. The first-order valence-corrected chi connectivity index (χ1v) is 5.67. The van der Waals surface area contributed by atoms with E-state index in [1.807, 2.05) is 0 Å². The average molecular weight is 229 g/mol. The van der Waals surface area contributed by atoms with Crippen LogP contribution in [0.5, 0.6) is 0 Å². The molecule has 0 aromatic carbocycles. The summed E-state index contributed by atoms with van der Waals surface area (Å²) in [5.41, 5.74) is 0.194. The molecule has 0 spiro atoms. The summed E-state index contributed by atoms with van der Waals surface area (Å²) in [6.45, 7) is 0. The molecule has 0 radical (unpaired) electrons. The minimum atomic E-state index is -4.15. The molecule has 1 unspecified atom stereocenters. The highest BCUT2D eigenvalue weighted by Gasteiger charge is 2.45. The standard InChI is InChI=1S/C12H14F3N/c13-12(14,15)10-4-1-3-9(7-10)11(8-16)5-2-6-11/h7,10H,1-6H2. The predicted octanol–water partition coefficient (Wildman–Crippen LogP) is 3.97. The number of halogens is 3. The zero-order chi connectivity index (χ0) is 11.8. The van der Waals surface area contributed by atoms with Gasteiger partial charge in [0.15, 0.2) is 0 Å². The van der Waals surface area contributed by atoms with Gasteiger partial charge in [0.1, 0.15) is 0 Å². The van der Waals surface area contributed by atoms with Gasteiger partial charge in [0.25, 0.3) is 0 Å². The quantitative estimate of drug-likeness (QED) is 0.624. The van der Waals surface area contributed by atoms with E-state index < -0.39 is 17.5 Å². The molecule has 0 heterocycles. The lowest BCUT2D eigenvalue weighted by Crippen LogP contribution is -2.33. The van der Waals surface area contributed by atoms with Gasteiger partial charge in [-0.2, -0.15) is 18.4 Å². The minimum Gasteiger partial charge on any atom is -0.197 e. The molecule has 16 heavy (non-hydrogen) atoms. The van der Waals surface area contributed by atoms with E-state index in [9.17, 15) is 13.2 Å². The van der Waals surface area contributed by atoms with Crippen LogP contribution in [-0.4, -0.2) is 6.18 Å². The van der Waals surface area contributed by atoms with E-state index >= 15 is 0 Å². The summed E-state index contributed by atoms with van der Waals surface area (Å²) in [5.74, 6) is -1.33. The number of hydrogen-bond donors (Lipinski definition) is 0. The molecule has 0 bridgehead atoms. The molecule has 0 saturated heterocycles. The number of nitrogens with zero attached hydrogens (tertiary/aromatic N) is 1. The van der Waals surface area contributed by atoms with Gasteiger partial charge in [-0.25, -0.2) is 0 Å². The van der Waals surface area contributed by atoms with Gasteiger partial charge in [0.05, 0.1) is 17.4 Å². The fourth-order valence-corrected chi connectivity index (χ4v) is 2.61. The zero-order valence-electron chi connectivity index (χ0n) is 8.98. The molecule has 88 valence electrons. The van der Waals surface area contributed by atoms with Crippen LogP contribution in [0.1, 0.15) is 38.5 Å². The van der Waals surface area contributed by atoms with Crippen LogP contribution < -0.4 is 0 Å². The van der Waals surface area contributed by atoms with Gasteiger partial charge < -0.3 is 0 Å². The van der Waals surface area contributed by atoms with Crippen molar-refractivity contribution in [3.63, 3.8) is 0 Å². The Morgan fingerprint density at radius 3 is 2.44 bits per heavy atom. The van der Waals surface area contributed by atoms with Crippen LogP contribution in [0, 0.1) is 22.7 Å². The molecule has 0 aromatic heterocycles. The molecule has 1 atom stereocenters. The van der Waals surface area contributed by atoms with Gasteiger partial charge in [-0.3, -0.25) is 0 Å². The van der Waals surface area contributed by atoms with Crippen LogP contribution in [-0.2, 0) is 0 Å². The third-order valence-electron chi connectivity index (χ3n) is 3.82. The van der Waals surface area contributed by atoms with Crippen molar-refractivity contribution in [2.24, 2.45) is 11.3 Å². The van der Waals surface area contributed by atoms with Gasteiger partial charge in [0.2, 0.25) is 0 Å². The fraction of sp³-hybridized carbons (Fsp3) is 0.750. The Morgan fingerprint density at radius 1 is 1.31 bits per heavy atom. The van der Waals surface area contributed by atoms with E-state index in [1.165, 1.54) is 6.08 Å². The van der Waals surface area contributed by atoms with Crippen molar-refractivity contribution in [3.05, 3.63) is 11.6 Å². The van der Waals surface area contributed by atoms with Crippen LogP contribution in [0.3, 0.4) is 0 Å². The molecular formula is C12H14F3N. The normalized spacial score (nSPS) is 28.9. The Morgan fingerprint density at radius 2 is 2.00 bits per heavy atom. The van der Waals surface area contributed by atoms with Crippen molar-refractivity contribution in [2.45, 2.75) is 44.7 Å². The van der Waals surface area contributed by atoms with Crippen molar-refractivity contribution < 1.29 is 13.2 Å². The fourth-order valence-electron chi connectivity index (χ4n) is 2.61. The van der Waals surface area contributed by atoms with Crippen molar-refractivity contribution in [2.75, 3.05) is 0 Å². The van der Waals surface area contributed by atoms with E-state index in [0.717, 1.165) is 24.8 Å². The lowest BCUT2D eigenvalue weighted by atomic mass is 9.62. The van der Waals surface area contributed by atoms with Crippen molar-refractivity contribution >= 4 is 0 Å². The Bertz CT molecular complexity index is 344. The van der Waals surface area contributed by atoms with Crippen LogP contribution >= 0.6 is 0 Å². The van der Waals surface area contributed by atoms with E-state index in [1.54, 1.807) is 0 Å². The second-order valence-corrected chi connectivity index (χ2v) is 4.78. The second-order valence-electron chi connectivity index (χ2n) is 4.78. The van der Waals surface area contributed by atoms with Crippen LogP contribution in [0.2, 0.25) is 0 Å². The molecule has 2 aliphatic carbocycles. The van der Waals surface area contributed by atoms with Crippen LogP contribution in [0.15, 0.2) is 11.6 Å². The number of hydrogen-bond acceptors (Lipinski definition) is 1. The van der Waals surface area contributed by atoms with E-state index in [-0.39, 0.29) is 6.42 Å². The Kier molecular flexibility index (Phi) is 2.73. The number of allylic oxidation sites excluding steroid dienone is 2. The highest BCUT2D eigenvalue weighted by molar-refractivity contribution is 5.29. The summed E-state index contributed by atoms with van der Waals surface area (Å²) in [6, 6.07) is 2.22. The molecule has 2 rings (SSSR count). The highest BCUT2D eigenvalue weighted by Crippen LogP contribution is 2.51. The summed E-state index contributed by atoms with van der Waals surface area (Å²) in [4.78, 5) is 0. The summed E-state index contributed by atoms with van der Waals surface area (Å²) in [5, 5.41) is 9.11. The third kappa shape index (κ3) is 1.83. The van der Waals surface area contributed by atoms with Gasteiger partial charge >= 0.3 is 6.18 Å². The monoisotopic (exact) mass is 229 g/mol. The first kappa shape index (κ1) is 11.5. The summed E-state index contributed by atoms with van der Waals surface area (Å²) >= 11 is 0. The van der Waals surface area contributed by atoms with Crippen molar-refractivity contribution in [1.82, 2.24) is 0 Å². The van der Waals surface area contributed by atoms with Crippen LogP contribution in [0.4, 0.5) is 13.2 Å². The van der Waals surface area contributed by atoms with Crippen molar-refractivity contribution in [1.29, 1.82) is 5.26 Å². The van der Waals surface area contributed by atoms with Gasteiger partial charge in [-0.05, 0) is 38.5 Å². The van der Waals surface area contributed by atoms with Gasteiger partial charge in [-0.15, -0.1) is 0 Å². The molecule has 0 N–H and O–H groups in total. The first-order valence-electron chi connectivity index (χ1n) is 5.67. The molecule has 0 amide bonds. The highest BCUT2D eigenvalue weighted by atomic mass is 19.4. The Balaban J connectivity index is 2.22. The number of alkyl halides is 3. The van der Waals surface area contributed by atoms with E-state index in [4.69, 9.17) is 5.26 Å². The molecule has 1 nitrogen and oxygen atoms in total. The second kappa shape index (κ2) is 3.80. The summed E-state index contributed by atoms with van der Waals surface area (Å²) in [6.07, 6.45) is 1.01. The first-order chi connectivity index (χ1) is 7.48. The number of nitriles is 1. The minimum absolute atomic E-state index is 0.175. The molecule has 1 fully saturated rings. The zero-order valence-corrected chi connectivity index (χ0v) is 8.98. The molecule has 0 aromatic rings. The Hall–Kier alpha value is -0.980. The summed E-state index contributed by atoms with van der Waals surface area (Å²) in [7, 11) is 0. The van der Waals surface area contributed by atoms with Gasteiger partial charge in [0, 0.05) is 0 Å². The lowest BCUT2D eigenvalue weighted by molar-refractivity contribution is -0.164. The summed E-state index contributed by atoms with van der Waals surface area (Å²) < 4.78 is 37.8. The lowest BCUT2D eigenvalue weighted by Gasteiger charge is -2.40. The van der Waals surface area contributed by atoms with Gasteiger partial charge in [-0.1, -0.05) is 11.6 Å². The maximum absolute atomic E-state index is 12.6. The largest absolute Gasteiger partial charge is 0.395 e. The van der Waals surface area contributed by atoms with Crippen molar-refractivity contribution in [3.8, 4) is 6.07 Å². The topological polar surface area (TPSA) is 23.8 Å². The molecule has 0 aliphatic heterocycles. The smallest absolute Gasteiger partial charge is 0.197 e. The third-order valence-corrected chi connectivity index (χ3v) is 3.82. The van der Waals surface area contributed by atoms with E-state index in [2.05, 4.69) is 6.07 Å². The molecular weight excluding hydrogens is 215 g/mol. The Labute approximate surface area is 92.9 Å². The molecule has 4 heteroatoms. The SMILES string of the molecule is N#CC1(C2=CC(C(F)(F)F)CCC2)CCC1. The van der Waals surface area contributed by atoms with Crippen LogP contribution in [0.25, 0.3) is 0 Å².